The molecule has 6 heteroatoms. The molecule has 0 aromatic carbocycles. The van der Waals surface area contributed by atoms with Crippen LogP contribution in [-0.4, -0.2) is 51.1 Å². The van der Waals surface area contributed by atoms with Gasteiger partial charge in [0.2, 0.25) is 0 Å². The highest BCUT2D eigenvalue weighted by Gasteiger charge is 2.28. The third kappa shape index (κ3) is 11.7. The van der Waals surface area contributed by atoms with Crippen molar-refractivity contribution < 1.29 is 17.9 Å². The van der Waals surface area contributed by atoms with Crippen molar-refractivity contribution in [3.05, 3.63) is 0 Å². The zero-order valence-electron chi connectivity index (χ0n) is 9.94. The molecule has 0 unspecified atom stereocenters. The molecule has 0 aromatic rings. The normalized spacial score (nSPS) is 12.4. The van der Waals surface area contributed by atoms with E-state index in [0.29, 0.717) is 6.54 Å². The Bertz CT molecular complexity index is 165. The van der Waals surface area contributed by atoms with Crippen LogP contribution in [0.3, 0.4) is 0 Å². The molecule has 0 atom stereocenters. The predicted molar refractivity (Wildman–Crippen MR) is 57.3 cm³/mol. The van der Waals surface area contributed by atoms with Gasteiger partial charge >= 0.3 is 6.36 Å². The van der Waals surface area contributed by atoms with E-state index < -0.39 is 6.36 Å². The largest absolute Gasteiger partial charge is 0.522 e. The molecule has 0 amide bonds. The first-order chi connectivity index (χ1) is 7.45. The lowest BCUT2D eigenvalue weighted by Crippen LogP contribution is -2.32. The van der Waals surface area contributed by atoms with Crippen LogP contribution in [0.4, 0.5) is 13.2 Å². The van der Waals surface area contributed by atoms with Crippen molar-refractivity contribution in [2.45, 2.75) is 26.1 Å². The molecule has 98 valence electrons. The first kappa shape index (κ1) is 15.7. The van der Waals surface area contributed by atoms with E-state index in [-0.39, 0.29) is 13.2 Å². The number of nitrogens with zero attached hydrogens (tertiary/aromatic N) is 1. The number of ether oxygens (including phenoxy) is 1. The number of rotatable bonds is 9. The molecule has 0 aliphatic rings. The molecule has 0 aromatic heterocycles. The number of nitrogens with one attached hydrogen (secondary N) is 1. The van der Waals surface area contributed by atoms with Crippen LogP contribution in [0.25, 0.3) is 0 Å². The van der Waals surface area contributed by atoms with Crippen LogP contribution in [0.1, 0.15) is 19.8 Å². The zero-order valence-corrected chi connectivity index (χ0v) is 9.94. The minimum absolute atomic E-state index is 0.223. The van der Waals surface area contributed by atoms with Crippen molar-refractivity contribution in [1.82, 2.24) is 10.2 Å². The van der Waals surface area contributed by atoms with Gasteiger partial charge in [0, 0.05) is 19.6 Å². The van der Waals surface area contributed by atoms with E-state index in [2.05, 4.69) is 21.9 Å². The summed E-state index contributed by atoms with van der Waals surface area (Å²) in [4.78, 5) is 2.15. The minimum Gasteiger partial charge on any atom is -0.313 e. The van der Waals surface area contributed by atoms with Crippen LogP contribution >= 0.6 is 0 Å². The standard InChI is InChI=1S/C10H21F3N2O/c1-3-4-7-15(2)8-5-14-6-9-16-10(11,12)13/h14H,3-9H2,1-2H3. The van der Waals surface area contributed by atoms with Crippen LogP contribution in [0.5, 0.6) is 0 Å². The lowest BCUT2D eigenvalue weighted by atomic mass is 10.3. The second-order valence-electron chi connectivity index (χ2n) is 3.70. The highest BCUT2D eigenvalue weighted by Crippen LogP contribution is 2.14. The van der Waals surface area contributed by atoms with Gasteiger partial charge in [0.15, 0.2) is 0 Å². The van der Waals surface area contributed by atoms with Gasteiger partial charge in [-0.3, -0.25) is 4.74 Å². The van der Waals surface area contributed by atoms with Crippen molar-refractivity contribution in [3.63, 3.8) is 0 Å². The van der Waals surface area contributed by atoms with Gasteiger partial charge < -0.3 is 10.2 Å². The van der Waals surface area contributed by atoms with Gasteiger partial charge in [0.25, 0.3) is 0 Å². The van der Waals surface area contributed by atoms with Gasteiger partial charge in [-0.1, -0.05) is 13.3 Å². The minimum atomic E-state index is -4.51. The summed E-state index contributed by atoms with van der Waals surface area (Å²) in [6.45, 7) is 4.56. The van der Waals surface area contributed by atoms with Crippen molar-refractivity contribution in [3.8, 4) is 0 Å². The summed E-state index contributed by atoms with van der Waals surface area (Å²) < 4.78 is 38.3. The topological polar surface area (TPSA) is 24.5 Å². The molecule has 0 radical (unpaired) electrons. The summed E-state index contributed by atoms with van der Waals surface area (Å²) in [7, 11) is 2.00. The molecule has 3 nitrogen and oxygen atoms in total. The molecule has 0 bridgehead atoms. The Kier molecular flexibility index (Phi) is 8.60. The predicted octanol–water partition coefficient (Wildman–Crippen LogP) is 1.84. The average Bonchev–Trinajstić information content (AvgIpc) is 2.18. The SMILES string of the molecule is CCCCN(C)CCNCCOC(F)(F)F. The molecule has 0 aliphatic carbocycles. The van der Waals surface area contributed by atoms with Crippen LogP contribution in [0.2, 0.25) is 0 Å². The van der Waals surface area contributed by atoms with E-state index in [0.717, 1.165) is 25.9 Å². The number of likely N-dealkylation sites (N-methyl/N-ethyl adjacent to an activating group) is 1. The third-order valence-electron chi connectivity index (χ3n) is 2.11. The van der Waals surface area contributed by atoms with Crippen LogP contribution in [0.15, 0.2) is 0 Å². The smallest absolute Gasteiger partial charge is 0.313 e. The monoisotopic (exact) mass is 242 g/mol. The molecule has 0 rings (SSSR count). The Morgan fingerprint density at radius 2 is 1.88 bits per heavy atom. The Morgan fingerprint density at radius 3 is 2.44 bits per heavy atom. The summed E-state index contributed by atoms with van der Waals surface area (Å²) in [5, 5.41) is 2.90. The van der Waals surface area contributed by atoms with Gasteiger partial charge in [-0.2, -0.15) is 0 Å². The molecule has 0 saturated carbocycles. The number of hydrogen-bond acceptors (Lipinski definition) is 3. The van der Waals surface area contributed by atoms with Crippen molar-refractivity contribution >= 4 is 0 Å². The second-order valence-corrected chi connectivity index (χ2v) is 3.70. The van der Waals surface area contributed by atoms with Gasteiger partial charge in [0.1, 0.15) is 0 Å². The summed E-state index contributed by atoms with van der Waals surface area (Å²) in [6, 6.07) is 0. The van der Waals surface area contributed by atoms with Gasteiger partial charge in [-0.05, 0) is 20.0 Å². The Morgan fingerprint density at radius 1 is 1.19 bits per heavy atom. The summed E-state index contributed by atoms with van der Waals surface area (Å²) >= 11 is 0. The van der Waals surface area contributed by atoms with Crippen LogP contribution in [0, 0.1) is 0 Å². The second kappa shape index (κ2) is 8.78. The molecule has 0 saturated heterocycles. The molecule has 0 heterocycles. The number of unbranched alkanes of at least 4 members (excludes halogenated alkanes) is 1. The molecule has 0 aliphatic heterocycles. The highest BCUT2D eigenvalue weighted by molar-refractivity contribution is 4.54. The summed E-state index contributed by atoms with van der Waals surface area (Å²) in [5.41, 5.74) is 0. The quantitative estimate of drug-likeness (QED) is 0.624. The summed E-state index contributed by atoms with van der Waals surface area (Å²) in [5.74, 6) is 0. The molecule has 0 fully saturated rings. The fraction of sp³-hybridized carbons (Fsp3) is 1.00. The van der Waals surface area contributed by atoms with Crippen LogP contribution in [-0.2, 0) is 4.74 Å². The van der Waals surface area contributed by atoms with Crippen molar-refractivity contribution in [2.75, 3.05) is 39.8 Å². The molecule has 1 N–H and O–H groups in total. The maximum atomic E-state index is 11.6. The maximum absolute atomic E-state index is 11.6. The number of hydrogen-bond donors (Lipinski definition) is 1. The number of alkyl halides is 3. The van der Waals surface area contributed by atoms with Crippen molar-refractivity contribution in [2.24, 2.45) is 0 Å². The average molecular weight is 242 g/mol. The highest BCUT2D eigenvalue weighted by atomic mass is 19.4. The molecular weight excluding hydrogens is 221 g/mol. The fourth-order valence-electron chi connectivity index (χ4n) is 1.17. The maximum Gasteiger partial charge on any atom is 0.522 e. The Hall–Kier alpha value is -0.330. The van der Waals surface area contributed by atoms with E-state index in [1.165, 1.54) is 0 Å². The Labute approximate surface area is 94.9 Å². The molecule has 16 heavy (non-hydrogen) atoms. The van der Waals surface area contributed by atoms with E-state index >= 15 is 0 Å². The third-order valence-corrected chi connectivity index (χ3v) is 2.11. The zero-order chi connectivity index (χ0) is 12.4. The lowest BCUT2D eigenvalue weighted by molar-refractivity contribution is -0.323. The van der Waals surface area contributed by atoms with Gasteiger partial charge in [0.05, 0.1) is 6.61 Å². The van der Waals surface area contributed by atoms with E-state index in [9.17, 15) is 13.2 Å². The van der Waals surface area contributed by atoms with E-state index in [1.54, 1.807) is 0 Å². The Balaban J connectivity index is 3.20. The van der Waals surface area contributed by atoms with Crippen LogP contribution < -0.4 is 5.32 Å². The molecule has 0 spiro atoms. The van der Waals surface area contributed by atoms with E-state index in [1.807, 2.05) is 7.05 Å². The number of halogens is 3. The first-order valence-electron chi connectivity index (χ1n) is 5.55. The first-order valence-corrected chi connectivity index (χ1v) is 5.55. The van der Waals surface area contributed by atoms with Crippen molar-refractivity contribution in [1.29, 1.82) is 0 Å². The lowest BCUT2D eigenvalue weighted by Gasteiger charge is -2.16. The summed E-state index contributed by atoms with van der Waals surface area (Å²) in [6.07, 6.45) is -2.22. The van der Waals surface area contributed by atoms with Gasteiger partial charge in [-0.25, -0.2) is 0 Å². The fourth-order valence-corrected chi connectivity index (χ4v) is 1.17. The van der Waals surface area contributed by atoms with E-state index in [4.69, 9.17) is 0 Å². The molecular formula is C10H21F3N2O. The van der Waals surface area contributed by atoms with Gasteiger partial charge in [-0.15, -0.1) is 13.2 Å².